The number of methoxy groups -OCH3 is 2. The van der Waals surface area contributed by atoms with Crippen LogP contribution in [0, 0.1) is 0 Å². The van der Waals surface area contributed by atoms with E-state index >= 15 is 0 Å². The number of carbonyl (C=O) groups is 1. The van der Waals surface area contributed by atoms with Gasteiger partial charge in [-0.25, -0.2) is 0 Å². The molecule has 0 aliphatic rings. The molecule has 2 atom stereocenters. The molecule has 0 aromatic heterocycles. The molecule has 1 aromatic rings. The molecule has 0 saturated carbocycles. The Morgan fingerprint density at radius 2 is 2.05 bits per heavy atom. The second kappa shape index (κ2) is 6.96. The van der Waals surface area contributed by atoms with E-state index in [1.54, 1.807) is 25.3 Å². The highest BCUT2D eigenvalue weighted by Crippen LogP contribution is 2.29. The molecule has 19 heavy (non-hydrogen) atoms. The molecule has 0 saturated heterocycles. The maximum atomic E-state index is 10.7. The van der Waals surface area contributed by atoms with Crippen molar-refractivity contribution in [2.24, 2.45) is 0 Å². The minimum Gasteiger partial charge on any atom is -0.497 e. The lowest BCUT2D eigenvalue weighted by atomic mass is 10.1. The molecular formula is C13H19NO5. The van der Waals surface area contributed by atoms with Crippen LogP contribution in [0.2, 0.25) is 0 Å². The average molecular weight is 269 g/mol. The van der Waals surface area contributed by atoms with E-state index in [1.165, 1.54) is 14.0 Å². The van der Waals surface area contributed by atoms with Crippen LogP contribution in [-0.2, 0) is 4.79 Å². The highest BCUT2D eigenvalue weighted by atomic mass is 16.5. The molecule has 1 aromatic carbocycles. The Balaban J connectivity index is 2.76. The van der Waals surface area contributed by atoms with Crippen molar-refractivity contribution in [3.63, 3.8) is 0 Å². The van der Waals surface area contributed by atoms with Crippen molar-refractivity contribution in [1.82, 2.24) is 5.32 Å². The Bertz CT molecular complexity index is 435. The number of aliphatic hydroxyl groups is 1. The molecule has 1 rings (SSSR count). The Labute approximate surface area is 112 Å². The van der Waals surface area contributed by atoms with Crippen molar-refractivity contribution in [2.75, 3.05) is 20.8 Å². The normalized spacial score (nSPS) is 13.7. The molecular weight excluding hydrogens is 250 g/mol. The van der Waals surface area contributed by atoms with Gasteiger partial charge in [0.25, 0.3) is 0 Å². The van der Waals surface area contributed by atoms with Crippen LogP contribution >= 0.6 is 0 Å². The predicted molar refractivity (Wildman–Crippen MR) is 69.6 cm³/mol. The van der Waals surface area contributed by atoms with Gasteiger partial charge in [0, 0.05) is 18.2 Å². The summed E-state index contributed by atoms with van der Waals surface area (Å²) in [6, 6.07) is 4.34. The van der Waals surface area contributed by atoms with Crippen LogP contribution in [0.3, 0.4) is 0 Å². The molecule has 0 aliphatic heterocycles. The van der Waals surface area contributed by atoms with E-state index in [4.69, 9.17) is 14.6 Å². The SMILES string of the molecule is COc1ccc(C(O)CNC(C)C(=O)O)c(OC)c1. The second-order valence-electron chi connectivity index (χ2n) is 4.09. The summed E-state index contributed by atoms with van der Waals surface area (Å²) in [6.07, 6.45) is -0.859. The van der Waals surface area contributed by atoms with E-state index < -0.39 is 18.1 Å². The van der Waals surface area contributed by atoms with Crippen LogP contribution in [-0.4, -0.2) is 43.0 Å². The first-order valence-corrected chi connectivity index (χ1v) is 5.85. The number of benzene rings is 1. The summed E-state index contributed by atoms with van der Waals surface area (Å²) < 4.78 is 10.2. The Kier molecular flexibility index (Phi) is 5.59. The lowest BCUT2D eigenvalue weighted by molar-refractivity contribution is -0.139. The molecule has 6 heteroatoms. The van der Waals surface area contributed by atoms with Gasteiger partial charge in [-0.2, -0.15) is 0 Å². The number of aliphatic hydroxyl groups excluding tert-OH is 1. The summed E-state index contributed by atoms with van der Waals surface area (Å²) in [4.78, 5) is 10.7. The maximum absolute atomic E-state index is 10.7. The van der Waals surface area contributed by atoms with Gasteiger partial charge in [0.1, 0.15) is 17.5 Å². The molecule has 2 unspecified atom stereocenters. The highest BCUT2D eigenvalue weighted by molar-refractivity contribution is 5.72. The minimum absolute atomic E-state index is 0.121. The van der Waals surface area contributed by atoms with Gasteiger partial charge in [0.05, 0.1) is 20.3 Å². The van der Waals surface area contributed by atoms with Gasteiger partial charge in [-0.05, 0) is 19.1 Å². The fourth-order valence-electron chi connectivity index (χ4n) is 1.58. The van der Waals surface area contributed by atoms with E-state index in [9.17, 15) is 9.90 Å². The number of rotatable bonds is 7. The van der Waals surface area contributed by atoms with Gasteiger partial charge in [-0.1, -0.05) is 0 Å². The van der Waals surface area contributed by atoms with Crippen LogP contribution < -0.4 is 14.8 Å². The van der Waals surface area contributed by atoms with E-state index in [1.807, 2.05) is 0 Å². The van der Waals surface area contributed by atoms with Gasteiger partial charge in [-0.3, -0.25) is 4.79 Å². The van der Waals surface area contributed by atoms with Crippen LogP contribution in [0.25, 0.3) is 0 Å². The largest absolute Gasteiger partial charge is 0.497 e. The summed E-state index contributed by atoms with van der Waals surface area (Å²) >= 11 is 0. The molecule has 0 aliphatic carbocycles. The summed E-state index contributed by atoms with van der Waals surface area (Å²) in [5.74, 6) is 0.158. The Morgan fingerprint density at radius 1 is 1.37 bits per heavy atom. The average Bonchev–Trinajstić information content (AvgIpc) is 2.43. The van der Waals surface area contributed by atoms with Crippen molar-refractivity contribution in [3.8, 4) is 11.5 Å². The zero-order valence-corrected chi connectivity index (χ0v) is 11.2. The third kappa shape index (κ3) is 4.11. The molecule has 0 spiro atoms. The topological polar surface area (TPSA) is 88.0 Å². The summed E-state index contributed by atoms with van der Waals surface area (Å²) in [7, 11) is 3.04. The van der Waals surface area contributed by atoms with E-state index in [0.717, 1.165) is 0 Å². The van der Waals surface area contributed by atoms with Gasteiger partial charge in [0.2, 0.25) is 0 Å². The monoisotopic (exact) mass is 269 g/mol. The fraction of sp³-hybridized carbons (Fsp3) is 0.462. The number of carboxylic acids is 1. The second-order valence-corrected chi connectivity index (χ2v) is 4.09. The zero-order chi connectivity index (χ0) is 14.4. The van der Waals surface area contributed by atoms with E-state index in [0.29, 0.717) is 17.1 Å². The molecule has 0 amide bonds. The zero-order valence-electron chi connectivity index (χ0n) is 11.2. The van der Waals surface area contributed by atoms with Crippen molar-refractivity contribution < 1.29 is 24.5 Å². The highest BCUT2D eigenvalue weighted by Gasteiger charge is 2.17. The number of hydrogen-bond donors (Lipinski definition) is 3. The summed E-state index contributed by atoms with van der Waals surface area (Å²) in [5, 5.41) is 21.5. The molecule has 6 nitrogen and oxygen atoms in total. The minimum atomic E-state index is -0.964. The van der Waals surface area contributed by atoms with Crippen molar-refractivity contribution in [2.45, 2.75) is 19.1 Å². The standard InChI is InChI=1S/C13H19NO5/c1-8(13(16)17)14-7-11(15)10-5-4-9(18-2)6-12(10)19-3/h4-6,8,11,14-15H,7H2,1-3H3,(H,16,17). The number of hydrogen-bond acceptors (Lipinski definition) is 5. The lowest BCUT2D eigenvalue weighted by Gasteiger charge is -2.17. The van der Waals surface area contributed by atoms with Crippen molar-refractivity contribution >= 4 is 5.97 Å². The van der Waals surface area contributed by atoms with E-state index in [-0.39, 0.29) is 6.54 Å². The molecule has 0 fully saturated rings. The smallest absolute Gasteiger partial charge is 0.320 e. The Morgan fingerprint density at radius 3 is 2.58 bits per heavy atom. The summed E-state index contributed by atoms with van der Waals surface area (Å²) in [5.41, 5.74) is 0.577. The number of carboxylic acid groups (broad SMARTS) is 1. The van der Waals surface area contributed by atoms with Crippen LogP contribution in [0.4, 0.5) is 0 Å². The quantitative estimate of drug-likeness (QED) is 0.678. The number of nitrogens with one attached hydrogen (secondary N) is 1. The molecule has 0 heterocycles. The third-order valence-corrected chi connectivity index (χ3v) is 2.79. The number of ether oxygens (including phenoxy) is 2. The van der Waals surface area contributed by atoms with Crippen LogP contribution in [0.5, 0.6) is 11.5 Å². The lowest BCUT2D eigenvalue weighted by Crippen LogP contribution is -2.36. The van der Waals surface area contributed by atoms with Gasteiger partial charge in [0.15, 0.2) is 0 Å². The van der Waals surface area contributed by atoms with Gasteiger partial charge >= 0.3 is 5.97 Å². The van der Waals surface area contributed by atoms with Crippen LogP contribution in [0.15, 0.2) is 18.2 Å². The number of aliphatic carboxylic acids is 1. The summed E-state index contributed by atoms with van der Waals surface area (Å²) in [6.45, 7) is 1.64. The third-order valence-electron chi connectivity index (χ3n) is 2.79. The van der Waals surface area contributed by atoms with Gasteiger partial charge < -0.3 is 25.0 Å². The first-order chi connectivity index (χ1) is 8.99. The molecule has 106 valence electrons. The predicted octanol–water partition coefficient (Wildman–Crippen LogP) is 0.800. The Hall–Kier alpha value is -1.79. The first-order valence-electron chi connectivity index (χ1n) is 5.85. The van der Waals surface area contributed by atoms with Crippen molar-refractivity contribution in [1.29, 1.82) is 0 Å². The van der Waals surface area contributed by atoms with Crippen molar-refractivity contribution in [3.05, 3.63) is 23.8 Å². The first kappa shape index (κ1) is 15.3. The fourth-order valence-corrected chi connectivity index (χ4v) is 1.58. The molecule has 3 N–H and O–H groups in total. The van der Waals surface area contributed by atoms with Gasteiger partial charge in [-0.15, -0.1) is 0 Å². The maximum Gasteiger partial charge on any atom is 0.320 e. The molecule has 0 bridgehead atoms. The molecule has 0 radical (unpaired) electrons. The van der Waals surface area contributed by atoms with E-state index in [2.05, 4.69) is 5.32 Å². The van der Waals surface area contributed by atoms with Crippen LogP contribution in [0.1, 0.15) is 18.6 Å².